The Labute approximate surface area is 138 Å². The van der Waals surface area contributed by atoms with Crippen LogP contribution in [-0.2, 0) is 11.2 Å². The first-order chi connectivity index (χ1) is 11.0. The number of carbonyl (C=O) groups excluding carboxylic acids is 1. The Hall–Kier alpha value is -1.55. The summed E-state index contributed by atoms with van der Waals surface area (Å²) >= 11 is 0. The van der Waals surface area contributed by atoms with Crippen LogP contribution in [0.5, 0.6) is 5.75 Å². The molecule has 1 aliphatic heterocycles. The van der Waals surface area contributed by atoms with Gasteiger partial charge in [-0.1, -0.05) is 12.1 Å². The molecule has 4 nitrogen and oxygen atoms in total. The summed E-state index contributed by atoms with van der Waals surface area (Å²) in [7, 11) is 1.65. The van der Waals surface area contributed by atoms with E-state index in [1.165, 1.54) is 0 Å². The van der Waals surface area contributed by atoms with Gasteiger partial charge in [-0.05, 0) is 56.7 Å². The number of amides is 1. The summed E-state index contributed by atoms with van der Waals surface area (Å²) in [5.41, 5.74) is 0.708. The van der Waals surface area contributed by atoms with Crippen molar-refractivity contribution in [1.82, 2.24) is 4.90 Å². The van der Waals surface area contributed by atoms with Gasteiger partial charge in [-0.3, -0.25) is 4.79 Å². The predicted molar refractivity (Wildman–Crippen MR) is 89.4 cm³/mol. The number of hydrogen-bond donors (Lipinski definition) is 1. The van der Waals surface area contributed by atoms with Crippen LogP contribution in [0.25, 0.3) is 0 Å². The number of carbonyl (C=O) groups is 1. The second-order valence-corrected chi connectivity index (χ2v) is 7.28. The molecule has 126 valence electrons. The molecule has 1 unspecified atom stereocenters. The van der Waals surface area contributed by atoms with Gasteiger partial charge in [0.05, 0.1) is 12.7 Å². The van der Waals surface area contributed by atoms with Gasteiger partial charge in [0.2, 0.25) is 5.91 Å². The van der Waals surface area contributed by atoms with Crippen molar-refractivity contribution in [1.29, 1.82) is 0 Å². The van der Waals surface area contributed by atoms with Crippen LogP contribution in [0.1, 0.15) is 44.6 Å². The Morgan fingerprint density at radius 3 is 2.30 bits per heavy atom. The van der Waals surface area contributed by atoms with Crippen LogP contribution in [-0.4, -0.2) is 41.7 Å². The molecule has 1 aromatic carbocycles. The number of hydrogen-bond acceptors (Lipinski definition) is 3. The van der Waals surface area contributed by atoms with Crippen molar-refractivity contribution in [3.8, 4) is 5.75 Å². The van der Waals surface area contributed by atoms with E-state index in [4.69, 9.17) is 4.74 Å². The van der Waals surface area contributed by atoms with Crippen LogP contribution in [0.4, 0.5) is 0 Å². The van der Waals surface area contributed by atoms with Crippen LogP contribution in [0.15, 0.2) is 24.3 Å². The lowest BCUT2D eigenvalue weighted by Gasteiger charge is -2.58. The molecule has 2 aliphatic rings. The van der Waals surface area contributed by atoms with Crippen molar-refractivity contribution in [3.63, 3.8) is 0 Å². The summed E-state index contributed by atoms with van der Waals surface area (Å²) < 4.78 is 5.15. The van der Waals surface area contributed by atoms with E-state index < -0.39 is 5.60 Å². The molecule has 3 rings (SSSR count). The summed E-state index contributed by atoms with van der Waals surface area (Å²) in [6.45, 7) is 3.53. The SMILES string of the molecule is COc1ccc(CCC(=O)N2CCC3(CC2)CCC3(C)O)cc1. The van der Waals surface area contributed by atoms with E-state index in [0.717, 1.165) is 56.5 Å². The number of methoxy groups -OCH3 is 1. The fourth-order valence-electron chi connectivity index (χ4n) is 4.01. The van der Waals surface area contributed by atoms with Crippen molar-refractivity contribution >= 4 is 5.91 Å². The van der Waals surface area contributed by atoms with E-state index in [0.29, 0.717) is 6.42 Å². The second-order valence-electron chi connectivity index (χ2n) is 7.28. The molecule has 1 saturated heterocycles. The van der Waals surface area contributed by atoms with Gasteiger partial charge >= 0.3 is 0 Å². The Kier molecular flexibility index (Phi) is 4.37. The maximum atomic E-state index is 12.4. The lowest BCUT2D eigenvalue weighted by Crippen LogP contribution is -2.60. The number of likely N-dealkylation sites (tertiary alicyclic amines) is 1. The summed E-state index contributed by atoms with van der Waals surface area (Å²) in [6, 6.07) is 7.90. The van der Waals surface area contributed by atoms with Crippen molar-refractivity contribution in [2.45, 2.75) is 51.0 Å². The third-order valence-corrected chi connectivity index (χ3v) is 6.09. The Morgan fingerprint density at radius 1 is 1.17 bits per heavy atom. The third-order valence-electron chi connectivity index (χ3n) is 6.09. The largest absolute Gasteiger partial charge is 0.497 e. The lowest BCUT2D eigenvalue weighted by molar-refractivity contribution is -0.180. The first-order valence-corrected chi connectivity index (χ1v) is 8.59. The van der Waals surface area contributed by atoms with Gasteiger partial charge in [0.15, 0.2) is 0 Å². The van der Waals surface area contributed by atoms with E-state index in [2.05, 4.69) is 0 Å². The van der Waals surface area contributed by atoms with E-state index in [1.54, 1.807) is 7.11 Å². The first-order valence-electron chi connectivity index (χ1n) is 8.59. The van der Waals surface area contributed by atoms with Gasteiger partial charge < -0.3 is 14.7 Å². The highest BCUT2D eigenvalue weighted by Gasteiger charge is 2.55. The molecular formula is C19H27NO3. The summed E-state index contributed by atoms with van der Waals surface area (Å²) in [5.74, 6) is 1.07. The summed E-state index contributed by atoms with van der Waals surface area (Å²) in [5, 5.41) is 10.4. The zero-order valence-corrected chi connectivity index (χ0v) is 14.2. The monoisotopic (exact) mass is 317 g/mol. The molecule has 0 bridgehead atoms. The number of aliphatic hydroxyl groups is 1. The highest BCUT2D eigenvalue weighted by Crippen LogP contribution is 2.56. The molecule has 1 amide bonds. The average Bonchev–Trinajstić information content (AvgIpc) is 2.59. The molecule has 1 aliphatic carbocycles. The topological polar surface area (TPSA) is 49.8 Å². The number of aryl methyl sites for hydroxylation is 1. The van der Waals surface area contributed by atoms with E-state index in [1.807, 2.05) is 36.1 Å². The molecule has 1 aromatic rings. The maximum absolute atomic E-state index is 12.4. The Morgan fingerprint density at radius 2 is 1.83 bits per heavy atom. The zero-order chi connectivity index (χ0) is 16.5. The zero-order valence-electron chi connectivity index (χ0n) is 14.2. The smallest absolute Gasteiger partial charge is 0.222 e. The minimum atomic E-state index is -0.523. The van der Waals surface area contributed by atoms with Crippen LogP contribution < -0.4 is 4.74 Å². The molecule has 4 heteroatoms. The van der Waals surface area contributed by atoms with Gasteiger partial charge in [0.25, 0.3) is 0 Å². The molecule has 0 aromatic heterocycles. The molecule has 0 radical (unpaired) electrons. The van der Waals surface area contributed by atoms with Crippen LogP contribution in [0.3, 0.4) is 0 Å². The molecule has 2 fully saturated rings. The van der Waals surface area contributed by atoms with Gasteiger partial charge in [-0.25, -0.2) is 0 Å². The minimum Gasteiger partial charge on any atom is -0.497 e. The average molecular weight is 317 g/mol. The fourth-order valence-corrected chi connectivity index (χ4v) is 4.01. The maximum Gasteiger partial charge on any atom is 0.222 e. The number of benzene rings is 1. The Bertz CT molecular complexity index is 556. The highest BCUT2D eigenvalue weighted by molar-refractivity contribution is 5.76. The van der Waals surface area contributed by atoms with Gasteiger partial charge in [0.1, 0.15) is 5.75 Å². The molecule has 1 atom stereocenters. The lowest BCUT2D eigenvalue weighted by atomic mass is 9.53. The molecule has 1 spiro atoms. The van der Waals surface area contributed by atoms with E-state index in [9.17, 15) is 9.90 Å². The number of ether oxygens (including phenoxy) is 1. The fraction of sp³-hybridized carbons (Fsp3) is 0.632. The summed E-state index contributed by atoms with van der Waals surface area (Å²) in [6.07, 6.45) is 5.20. The van der Waals surface area contributed by atoms with Crippen molar-refractivity contribution in [2.75, 3.05) is 20.2 Å². The quantitative estimate of drug-likeness (QED) is 0.929. The van der Waals surface area contributed by atoms with Crippen molar-refractivity contribution in [3.05, 3.63) is 29.8 Å². The third kappa shape index (κ3) is 3.09. The molecule has 1 saturated carbocycles. The predicted octanol–water partition coefficient (Wildman–Crippen LogP) is 2.78. The number of piperidine rings is 1. The summed E-state index contributed by atoms with van der Waals surface area (Å²) in [4.78, 5) is 14.4. The Balaban J connectivity index is 1.48. The van der Waals surface area contributed by atoms with Gasteiger partial charge in [0, 0.05) is 24.9 Å². The first kappa shape index (κ1) is 16.3. The molecular weight excluding hydrogens is 290 g/mol. The molecule has 1 N–H and O–H groups in total. The van der Waals surface area contributed by atoms with Crippen molar-refractivity contribution < 1.29 is 14.6 Å². The molecule has 23 heavy (non-hydrogen) atoms. The van der Waals surface area contributed by atoms with Gasteiger partial charge in [-0.15, -0.1) is 0 Å². The van der Waals surface area contributed by atoms with E-state index in [-0.39, 0.29) is 11.3 Å². The molecule has 1 heterocycles. The standard InChI is InChI=1S/C19H27NO3/c1-18(22)9-10-19(18)11-13-20(14-12-19)17(21)8-5-15-3-6-16(23-2)7-4-15/h3-4,6-7,22H,5,8-14H2,1-2H3. The van der Waals surface area contributed by atoms with Crippen molar-refractivity contribution in [2.24, 2.45) is 5.41 Å². The highest BCUT2D eigenvalue weighted by atomic mass is 16.5. The van der Waals surface area contributed by atoms with Crippen LogP contribution in [0.2, 0.25) is 0 Å². The number of rotatable bonds is 4. The minimum absolute atomic E-state index is 0.0692. The van der Waals surface area contributed by atoms with Gasteiger partial charge in [-0.2, -0.15) is 0 Å². The normalized spacial score (nSPS) is 26.0. The van der Waals surface area contributed by atoms with Crippen LogP contribution >= 0.6 is 0 Å². The number of nitrogens with zero attached hydrogens (tertiary/aromatic N) is 1. The second kappa shape index (κ2) is 6.16. The van der Waals surface area contributed by atoms with E-state index >= 15 is 0 Å². The van der Waals surface area contributed by atoms with Crippen LogP contribution in [0, 0.1) is 5.41 Å².